The minimum absolute atomic E-state index is 0.00109. The van der Waals surface area contributed by atoms with Gasteiger partial charge in [0.1, 0.15) is 11.6 Å². The molecule has 29 heavy (non-hydrogen) atoms. The first-order valence-electron chi connectivity index (χ1n) is 9.97. The molecule has 0 spiro atoms. The Morgan fingerprint density at radius 3 is 2.34 bits per heavy atom. The van der Waals surface area contributed by atoms with Crippen molar-refractivity contribution in [1.82, 2.24) is 10.2 Å². The lowest BCUT2D eigenvalue weighted by molar-refractivity contribution is -0.122. The molecule has 154 valence electrons. The maximum Gasteiger partial charge on any atom is 0.234 e. The molecule has 2 aromatic rings. The van der Waals surface area contributed by atoms with Crippen molar-refractivity contribution in [2.24, 2.45) is 5.92 Å². The van der Waals surface area contributed by atoms with E-state index in [1.165, 1.54) is 12.1 Å². The van der Waals surface area contributed by atoms with E-state index < -0.39 is 0 Å². The van der Waals surface area contributed by atoms with Gasteiger partial charge in [-0.3, -0.25) is 14.5 Å². The quantitative estimate of drug-likeness (QED) is 0.695. The Kier molecular flexibility index (Phi) is 7.36. The number of ether oxygens (including phenoxy) is 1. The molecule has 2 aromatic carbocycles. The van der Waals surface area contributed by atoms with Crippen molar-refractivity contribution < 1.29 is 18.7 Å². The topological polar surface area (TPSA) is 58.6 Å². The van der Waals surface area contributed by atoms with Crippen molar-refractivity contribution in [3.05, 3.63) is 65.5 Å². The number of hydrogen-bond acceptors (Lipinski definition) is 4. The highest BCUT2D eigenvalue weighted by Crippen LogP contribution is 2.23. The molecule has 1 saturated heterocycles. The van der Waals surface area contributed by atoms with Crippen LogP contribution in [0.1, 0.15) is 28.8 Å². The van der Waals surface area contributed by atoms with Gasteiger partial charge in [-0.1, -0.05) is 12.1 Å². The van der Waals surface area contributed by atoms with E-state index in [0.29, 0.717) is 25.1 Å². The van der Waals surface area contributed by atoms with Crippen LogP contribution in [0.15, 0.2) is 48.5 Å². The number of amides is 1. The van der Waals surface area contributed by atoms with Gasteiger partial charge in [-0.25, -0.2) is 4.39 Å². The van der Waals surface area contributed by atoms with Crippen molar-refractivity contribution in [2.45, 2.75) is 19.3 Å². The molecule has 0 radical (unpaired) electrons. The molecule has 1 heterocycles. The van der Waals surface area contributed by atoms with E-state index in [1.807, 2.05) is 12.1 Å². The zero-order valence-corrected chi connectivity index (χ0v) is 16.7. The Bertz CT molecular complexity index is 813. The van der Waals surface area contributed by atoms with Gasteiger partial charge in [0.15, 0.2) is 5.78 Å². The van der Waals surface area contributed by atoms with Gasteiger partial charge in [0.25, 0.3) is 0 Å². The van der Waals surface area contributed by atoms with Crippen LogP contribution in [0, 0.1) is 11.7 Å². The van der Waals surface area contributed by atoms with Crippen molar-refractivity contribution in [3.63, 3.8) is 0 Å². The smallest absolute Gasteiger partial charge is 0.234 e. The van der Waals surface area contributed by atoms with Crippen molar-refractivity contribution >= 4 is 11.7 Å². The first kappa shape index (κ1) is 21.0. The number of nitrogens with one attached hydrogen (secondary N) is 1. The third-order valence-corrected chi connectivity index (χ3v) is 5.35. The van der Waals surface area contributed by atoms with E-state index >= 15 is 0 Å². The molecule has 0 saturated carbocycles. The number of piperidine rings is 1. The highest BCUT2D eigenvalue weighted by Gasteiger charge is 2.26. The lowest BCUT2D eigenvalue weighted by atomic mass is 9.89. The summed E-state index contributed by atoms with van der Waals surface area (Å²) in [4.78, 5) is 26.9. The molecule has 0 aliphatic carbocycles. The van der Waals surface area contributed by atoms with Gasteiger partial charge in [0.2, 0.25) is 5.91 Å². The second-order valence-electron chi connectivity index (χ2n) is 7.37. The molecule has 5 nitrogen and oxygen atoms in total. The number of halogens is 1. The van der Waals surface area contributed by atoms with E-state index in [9.17, 15) is 14.0 Å². The Morgan fingerprint density at radius 1 is 1.07 bits per heavy atom. The van der Waals surface area contributed by atoms with E-state index in [4.69, 9.17) is 4.74 Å². The number of ketones is 1. The van der Waals surface area contributed by atoms with Gasteiger partial charge < -0.3 is 10.1 Å². The number of carbonyl (C=O) groups is 2. The fraction of sp³-hybridized carbons (Fsp3) is 0.391. The fourth-order valence-electron chi connectivity index (χ4n) is 3.60. The molecule has 0 bridgehead atoms. The fourth-order valence-corrected chi connectivity index (χ4v) is 3.60. The van der Waals surface area contributed by atoms with Gasteiger partial charge in [0.05, 0.1) is 13.7 Å². The molecule has 1 amide bonds. The molecule has 0 unspecified atom stereocenters. The summed E-state index contributed by atoms with van der Waals surface area (Å²) in [5.41, 5.74) is 1.70. The third-order valence-electron chi connectivity index (χ3n) is 5.35. The second-order valence-corrected chi connectivity index (χ2v) is 7.37. The number of hydrogen-bond donors (Lipinski definition) is 1. The summed E-state index contributed by atoms with van der Waals surface area (Å²) in [6, 6.07) is 13.5. The summed E-state index contributed by atoms with van der Waals surface area (Å²) < 4.78 is 18.0. The Balaban J connectivity index is 1.37. The van der Waals surface area contributed by atoms with Gasteiger partial charge in [-0.15, -0.1) is 0 Å². The Labute approximate surface area is 170 Å². The normalized spacial score (nSPS) is 15.1. The van der Waals surface area contributed by atoms with E-state index in [-0.39, 0.29) is 23.4 Å². The Hall–Kier alpha value is -2.73. The zero-order chi connectivity index (χ0) is 20.6. The highest BCUT2D eigenvalue weighted by atomic mass is 19.1. The standard InChI is InChI=1S/C23H27FN2O3/c1-29-21-8-4-18(5-9-21)23(28)19-11-14-26(15-12-19)16-22(27)25-13-10-17-2-6-20(24)7-3-17/h2-9,19H,10-16H2,1H3,(H,25,27). The summed E-state index contributed by atoms with van der Waals surface area (Å²) in [6.07, 6.45) is 2.19. The van der Waals surface area contributed by atoms with Gasteiger partial charge in [0, 0.05) is 18.0 Å². The number of carbonyl (C=O) groups excluding carboxylic acids is 2. The van der Waals surface area contributed by atoms with Crippen LogP contribution < -0.4 is 10.1 Å². The first-order valence-corrected chi connectivity index (χ1v) is 9.97. The summed E-state index contributed by atoms with van der Waals surface area (Å²) in [7, 11) is 1.60. The lowest BCUT2D eigenvalue weighted by Crippen LogP contribution is -2.43. The number of rotatable bonds is 8. The van der Waals surface area contributed by atoms with Gasteiger partial charge in [-0.05, 0) is 74.3 Å². The highest BCUT2D eigenvalue weighted by molar-refractivity contribution is 5.98. The lowest BCUT2D eigenvalue weighted by Gasteiger charge is -2.30. The van der Waals surface area contributed by atoms with Crippen LogP contribution in [-0.4, -0.2) is 49.9 Å². The van der Waals surface area contributed by atoms with E-state index in [1.54, 1.807) is 31.4 Å². The molecule has 1 aliphatic heterocycles. The number of Topliss-reactive ketones (excluding diaryl/α,β-unsaturated/α-hetero) is 1. The van der Waals surface area contributed by atoms with Gasteiger partial charge >= 0.3 is 0 Å². The second kappa shape index (κ2) is 10.2. The Morgan fingerprint density at radius 2 is 1.72 bits per heavy atom. The summed E-state index contributed by atoms with van der Waals surface area (Å²) in [5.74, 6) is 0.623. The number of nitrogens with zero attached hydrogens (tertiary/aromatic N) is 1. The summed E-state index contributed by atoms with van der Waals surface area (Å²) in [5, 5.41) is 2.91. The monoisotopic (exact) mass is 398 g/mol. The minimum Gasteiger partial charge on any atom is -0.497 e. The number of likely N-dealkylation sites (tertiary alicyclic amines) is 1. The van der Waals surface area contributed by atoms with Crippen LogP contribution >= 0.6 is 0 Å². The van der Waals surface area contributed by atoms with Crippen LogP contribution in [-0.2, 0) is 11.2 Å². The predicted octanol–water partition coefficient (Wildman–Crippen LogP) is 3.09. The van der Waals surface area contributed by atoms with Crippen LogP contribution in [0.2, 0.25) is 0 Å². The molecule has 3 rings (SSSR count). The molecule has 1 fully saturated rings. The zero-order valence-electron chi connectivity index (χ0n) is 16.7. The van der Waals surface area contributed by atoms with Crippen LogP contribution in [0.25, 0.3) is 0 Å². The summed E-state index contributed by atoms with van der Waals surface area (Å²) >= 11 is 0. The molecule has 0 aromatic heterocycles. The maximum absolute atomic E-state index is 12.9. The van der Waals surface area contributed by atoms with Crippen LogP contribution in [0.3, 0.4) is 0 Å². The van der Waals surface area contributed by atoms with Gasteiger partial charge in [-0.2, -0.15) is 0 Å². The van der Waals surface area contributed by atoms with E-state index in [2.05, 4.69) is 10.2 Å². The number of methoxy groups -OCH3 is 1. The summed E-state index contributed by atoms with van der Waals surface area (Å²) in [6.45, 7) is 2.33. The van der Waals surface area contributed by atoms with Crippen molar-refractivity contribution in [1.29, 1.82) is 0 Å². The first-order chi connectivity index (χ1) is 14.0. The average molecular weight is 398 g/mol. The largest absolute Gasteiger partial charge is 0.497 e. The van der Waals surface area contributed by atoms with Crippen LogP contribution in [0.5, 0.6) is 5.75 Å². The number of benzene rings is 2. The molecule has 0 atom stereocenters. The average Bonchev–Trinajstić information content (AvgIpc) is 2.75. The van der Waals surface area contributed by atoms with E-state index in [0.717, 1.165) is 37.2 Å². The van der Waals surface area contributed by atoms with Crippen LogP contribution in [0.4, 0.5) is 4.39 Å². The SMILES string of the molecule is COc1ccc(C(=O)C2CCN(CC(=O)NCCc3ccc(F)cc3)CC2)cc1. The molecular weight excluding hydrogens is 371 g/mol. The molecule has 1 aliphatic rings. The maximum atomic E-state index is 12.9. The van der Waals surface area contributed by atoms with Crippen molar-refractivity contribution in [2.75, 3.05) is 33.3 Å². The molecule has 1 N–H and O–H groups in total. The minimum atomic E-state index is -0.258. The third kappa shape index (κ3) is 6.12. The molecular formula is C23H27FN2O3. The van der Waals surface area contributed by atoms with Crippen molar-refractivity contribution in [3.8, 4) is 5.75 Å². The predicted molar refractivity (Wildman–Crippen MR) is 110 cm³/mol. The molecule has 6 heteroatoms.